The number of carboxylic acid groups (broad SMARTS) is 1. The Morgan fingerprint density at radius 1 is 0.829 bits per heavy atom. The molecule has 0 aromatic heterocycles. The molecule has 0 saturated carbocycles. The molecule has 15 heteroatoms. The highest BCUT2D eigenvalue weighted by molar-refractivity contribution is 5.97. The van der Waals surface area contributed by atoms with Gasteiger partial charge in [0.1, 0.15) is 6.04 Å². The standard InChI is InChI=1S/C26H24F6N2O7/c1-14(35)33-19(12-15-6-3-2-4-7-15)23(39)34-18(10-11-21(37)38)20(36)13-41-24(40)22-16(25(27,28)29)8-5-9-17(22)26(30,31)32/h2-9,18-19H,10-13H2,1H3,(H,33,35)(H,34,39)(H,37,38). The van der Waals surface area contributed by atoms with E-state index in [4.69, 9.17) is 5.11 Å². The number of benzene rings is 2. The van der Waals surface area contributed by atoms with Crippen LogP contribution in [0.4, 0.5) is 26.3 Å². The maximum absolute atomic E-state index is 13.4. The third-order valence-corrected chi connectivity index (χ3v) is 5.55. The molecule has 2 amide bonds. The first-order valence-electron chi connectivity index (χ1n) is 11.8. The van der Waals surface area contributed by atoms with Gasteiger partial charge in [0.15, 0.2) is 12.4 Å². The Morgan fingerprint density at radius 3 is 1.88 bits per heavy atom. The lowest BCUT2D eigenvalue weighted by Crippen LogP contribution is -2.52. The van der Waals surface area contributed by atoms with E-state index in [1.807, 2.05) is 0 Å². The van der Waals surface area contributed by atoms with Gasteiger partial charge in [0.25, 0.3) is 0 Å². The number of carbonyl (C=O) groups is 5. The molecule has 2 unspecified atom stereocenters. The summed E-state index contributed by atoms with van der Waals surface area (Å²) in [5, 5.41) is 13.6. The van der Waals surface area contributed by atoms with Crippen molar-refractivity contribution in [3.8, 4) is 0 Å². The Kier molecular flexibility index (Phi) is 11.0. The van der Waals surface area contributed by atoms with Crippen LogP contribution in [0.2, 0.25) is 0 Å². The van der Waals surface area contributed by atoms with E-state index >= 15 is 0 Å². The van der Waals surface area contributed by atoms with Crippen molar-refractivity contribution in [2.75, 3.05) is 6.61 Å². The van der Waals surface area contributed by atoms with Crippen LogP contribution in [0.3, 0.4) is 0 Å². The summed E-state index contributed by atoms with van der Waals surface area (Å²) in [4.78, 5) is 60.8. The second-order valence-electron chi connectivity index (χ2n) is 8.70. The van der Waals surface area contributed by atoms with Crippen molar-refractivity contribution in [3.63, 3.8) is 0 Å². The number of hydrogen-bond acceptors (Lipinski definition) is 6. The predicted octanol–water partition coefficient (Wildman–Crippen LogP) is 3.55. The van der Waals surface area contributed by atoms with Crippen molar-refractivity contribution in [2.24, 2.45) is 0 Å². The van der Waals surface area contributed by atoms with Gasteiger partial charge in [-0.2, -0.15) is 26.3 Å². The second-order valence-corrected chi connectivity index (χ2v) is 8.70. The van der Waals surface area contributed by atoms with Crippen LogP contribution in [0.15, 0.2) is 48.5 Å². The minimum absolute atomic E-state index is 0.0461. The van der Waals surface area contributed by atoms with Crippen molar-refractivity contribution in [1.29, 1.82) is 0 Å². The smallest absolute Gasteiger partial charge is 0.417 e. The van der Waals surface area contributed by atoms with E-state index in [9.17, 15) is 50.3 Å². The summed E-state index contributed by atoms with van der Waals surface area (Å²) in [6, 6.07) is 6.29. The molecule has 41 heavy (non-hydrogen) atoms. The number of nitrogens with one attached hydrogen (secondary N) is 2. The summed E-state index contributed by atoms with van der Waals surface area (Å²) in [7, 11) is 0. The number of Topliss-reactive ketones (excluding diaryl/α,β-unsaturated/α-hetero) is 1. The van der Waals surface area contributed by atoms with E-state index in [-0.39, 0.29) is 18.6 Å². The third kappa shape index (κ3) is 9.92. The van der Waals surface area contributed by atoms with Crippen LogP contribution in [-0.4, -0.2) is 53.3 Å². The Balaban J connectivity index is 2.27. The lowest BCUT2D eigenvalue weighted by Gasteiger charge is -2.23. The molecule has 2 aromatic carbocycles. The summed E-state index contributed by atoms with van der Waals surface area (Å²) < 4.78 is 84.7. The summed E-state index contributed by atoms with van der Waals surface area (Å²) in [6.07, 6.45) is -12.1. The van der Waals surface area contributed by atoms with Crippen molar-refractivity contribution >= 4 is 29.5 Å². The molecular formula is C26H24F6N2O7. The highest BCUT2D eigenvalue weighted by Gasteiger charge is 2.43. The van der Waals surface area contributed by atoms with Crippen molar-refractivity contribution in [1.82, 2.24) is 10.6 Å². The van der Waals surface area contributed by atoms with Crippen molar-refractivity contribution in [3.05, 3.63) is 70.8 Å². The van der Waals surface area contributed by atoms with E-state index in [2.05, 4.69) is 15.4 Å². The van der Waals surface area contributed by atoms with Crippen molar-refractivity contribution < 1.29 is 60.2 Å². The molecule has 0 aliphatic heterocycles. The van der Waals surface area contributed by atoms with E-state index < -0.39 is 90.1 Å². The van der Waals surface area contributed by atoms with Crippen LogP contribution in [0.25, 0.3) is 0 Å². The Bertz CT molecular complexity index is 1250. The molecule has 0 aliphatic rings. The number of alkyl halides is 6. The number of hydrogen-bond donors (Lipinski definition) is 3. The molecule has 2 rings (SSSR count). The van der Waals surface area contributed by atoms with Gasteiger partial charge in [-0.3, -0.25) is 19.2 Å². The van der Waals surface area contributed by atoms with Gasteiger partial charge in [-0.05, 0) is 24.1 Å². The SMILES string of the molecule is CC(=O)NC(Cc1ccccc1)C(=O)NC(CCC(=O)O)C(=O)COC(=O)c1c(C(F)(F)F)cccc1C(F)(F)F. The molecule has 2 aromatic rings. The molecule has 2 atom stereocenters. The van der Waals surface area contributed by atoms with Crippen LogP contribution >= 0.6 is 0 Å². The van der Waals surface area contributed by atoms with Crippen LogP contribution in [0, 0.1) is 0 Å². The van der Waals surface area contributed by atoms with Crippen LogP contribution in [0.1, 0.15) is 46.8 Å². The third-order valence-electron chi connectivity index (χ3n) is 5.55. The van der Waals surface area contributed by atoms with Gasteiger partial charge < -0.3 is 20.5 Å². The summed E-state index contributed by atoms with van der Waals surface area (Å²) in [5.74, 6) is -6.28. The van der Waals surface area contributed by atoms with Crippen molar-refractivity contribution in [2.45, 2.75) is 50.6 Å². The monoisotopic (exact) mass is 590 g/mol. The molecule has 0 fully saturated rings. The highest BCUT2D eigenvalue weighted by atomic mass is 19.4. The number of carbonyl (C=O) groups excluding carboxylic acids is 4. The van der Waals surface area contributed by atoms with E-state index in [1.54, 1.807) is 30.3 Å². The first-order valence-corrected chi connectivity index (χ1v) is 11.8. The first kappa shape index (κ1) is 32.8. The molecular weight excluding hydrogens is 566 g/mol. The molecule has 0 saturated heterocycles. The minimum atomic E-state index is -5.38. The fourth-order valence-electron chi connectivity index (χ4n) is 3.71. The van der Waals surface area contributed by atoms with Gasteiger partial charge in [0, 0.05) is 19.8 Å². The predicted molar refractivity (Wildman–Crippen MR) is 128 cm³/mol. The number of ketones is 1. The van der Waals surface area contributed by atoms with Gasteiger partial charge in [-0.15, -0.1) is 0 Å². The normalized spacial score (nSPS) is 13.0. The molecule has 0 bridgehead atoms. The zero-order valence-corrected chi connectivity index (χ0v) is 21.3. The summed E-state index contributed by atoms with van der Waals surface area (Å²) in [6.45, 7) is -0.276. The summed E-state index contributed by atoms with van der Waals surface area (Å²) >= 11 is 0. The van der Waals surface area contributed by atoms with Gasteiger partial charge in [-0.1, -0.05) is 36.4 Å². The maximum Gasteiger partial charge on any atom is 0.417 e. The Hall–Kier alpha value is -4.43. The minimum Gasteiger partial charge on any atom is -0.481 e. The van der Waals surface area contributed by atoms with Crippen LogP contribution < -0.4 is 10.6 Å². The first-order chi connectivity index (χ1) is 19.0. The molecule has 9 nitrogen and oxygen atoms in total. The number of carboxylic acids is 1. The number of ether oxygens (including phenoxy) is 1. The Labute approximate surface area is 228 Å². The lowest BCUT2D eigenvalue weighted by molar-refractivity contribution is -0.144. The fraction of sp³-hybridized carbons (Fsp3) is 0.346. The number of amides is 2. The van der Waals surface area contributed by atoms with Crippen LogP contribution in [0.5, 0.6) is 0 Å². The molecule has 0 radical (unpaired) electrons. The number of rotatable bonds is 12. The number of halogens is 6. The summed E-state index contributed by atoms with van der Waals surface area (Å²) in [5.41, 5.74) is -5.15. The van der Waals surface area contributed by atoms with Gasteiger partial charge in [0.2, 0.25) is 11.8 Å². The Morgan fingerprint density at radius 2 is 1.39 bits per heavy atom. The molecule has 0 spiro atoms. The number of esters is 1. The zero-order valence-electron chi connectivity index (χ0n) is 21.3. The molecule has 222 valence electrons. The van der Waals surface area contributed by atoms with Gasteiger partial charge in [-0.25, -0.2) is 4.79 Å². The fourth-order valence-corrected chi connectivity index (χ4v) is 3.71. The van der Waals surface area contributed by atoms with Crippen LogP contribution in [-0.2, 0) is 42.7 Å². The maximum atomic E-state index is 13.4. The van der Waals surface area contributed by atoms with E-state index in [0.717, 1.165) is 6.92 Å². The van der Waals surface area contributed by atoms with Gasteiger partial charge >= 0.3 is 24.3 Å². The quantitative estimate of drug-likeness (QED) is 0.254. The zero-order chi connectivity index (χ0) is 31.0. The second kappa shape index (κ2) is 13.8. The topological polar surface area (TPSA) is 139 Å². The average Bonchev–Trinajstić information content (AvgIpc) is 2.87. The highest BCUT2D eigenvalue weighted by Crippen LogP contribution is 2.39. The lowest BCUT2D eigenvalue weighted by atomic mass is 10.00. The van der Waals surface area contributed by atoms with Gasteiger partial charge in [0.05, 0.1) is 22.7 Å². The molecule has 0 heterocycles. The molecule has 0 aliphatic carbocycles. The largest absolute Gasteiger partial charge is 0.481 e. The average molecular weight is 590 g/mol. The molecule has 3 N–H and O–H groups in total. The van der Waals surface area contributed by atoms with E-state index in [0.29, 0.717) is 11.6 Å². The van der Waals surface area contributed by atoms with E-state index in [1.165, 1.54) is 0 Å². The number of aliphatic carboxylic acids is 1.